The van der Waals surface area contributed by atoms with Gasteiger partial charge in [0.25, 0.3) is 0 Å². The third kappa shape index (κ3) is 16.9. The van der Waals surface area contributed by atoms with Crippen molar-refractivity contribution in [1.82, 2.24) is 0 Å². The van der Waals surface area contributed by atoms with Crippen LogP contribution in [0.15, 0.2) is 0 Å². The van der Waals surface area contributed by atoms with Crippen LogP contribution in [0.1, 0.15) is 0 Å². The second-order valence-corrected chi connectivity index (χ2v) is 2.97. The van der Waals surface area contributed by atoms with Gasteiger partial charge in [-0.15, -0.1) is 12.4 Å². The molecule has 12 heavy (non-hydrogen) atoms. The summed E-state index contributed by atoms with van der Waals surface area (Å²) in [7, 11) is -10.0. The van der Waals surface area contributed by atoms with Crippen LogP contribution in [-0.4, -0.2) is 25.9 Å². The van der Waals surface area contributed by atoms with Crippen LogP contribution in [0.4, 0.5) is 0 Å². The number of rotatable bonds is 3. The summed E-state index contributed by atoms with van der Waals surface area (Å²) in [6, 6.07) is 0. The van der Waals surface area contributed by atoms with E-state index < -0.39 is 20.8 Å². The number of hydrogen-bond donors (Lipinski definition) is 2. The molecule has 0 aromatic rings. The van der Waals surface area contributed by atoms with E-state index in [-0.39, 0.29) is 29.5 Å². The van der Waals surface area contributed by atoms with E-state index in [9.17, 15) is 16.8 Å². The van der Waals surface area contributed by atoms with E-state index in [1.54, 1.807) is 0 Å². The average molecular weight is 286 g/mol. The Morgan fingerprint density at radius 1 is 0.833 bits per heavy atom. The zero-order chi connectivity index (χ0) is 8.41. The third-order valence-corrected chi connectivity index (χ3v) is 0.766. The van der Waals surface area contributed by atoms with Crippen molar-refractivity contribution in [3.8, 4) is 0 Å². The summed E-state index contributed by atoms with van der Waals surface area (Å²) in [4.78, 5) is 0. The molecule has 0 aliphatic carbocycles. The van der Waals surface area contributed by atoms with Crippen molar-refractivity contribution >= 4 is 33.2 Å². The molecular weight excluding hydrogens is 283 g/mol. The van der Waals surface area contributed by atoms with Crippen LogP contribution in [0.5, 0.6) is 0 Å². The van der Waals surface area contributed by atoms with Crippen LogP contribution in [0.25, 0.3) is 0 Å². The topological polar surface area (TPSA) is 127 Å². The van der Waals surface area contributed by atoms with Gasteiger partial charge >= 0.3 is 20.8 Å². The molecule has 8 nitrogen and oxygen atoms in total. The van der Waals surface area contributed by atoms with Crippen LogP contribution in [0, 0.1) is 0 Å². The summed E-state index contributed by atoms with van der Waals surface area (Å²) in [5.41, 5.74) is 0. The monoisotopic (exact) mass is 286 g/mol. The van der Waals surface area contributed by atoms with Gasteiger partial charge in [0.1, 0.15) is 0 Å². The van der Waals surface area contributed by atoms with E-state index in [1.165, 1.54) is 0 Å². The first-order valence-corrected chi connectivity index (χ1v) is 4.26. The van der Waals surface area contributed by atoms with Crippen molar-refractivity contribution in [2.45, 2.75) is 0 Å². The molecule has 0 aliphatic rings. The molecule has 0 rings (SSSR count). The molecule has 0 amide bonds. The maximum Gasteiger partial charge on any atom is 0.425 e. The van der Waals surface area contributed by atoms with Crippen LogP contribution in [-0.2, 0) is 46.5 Å². The average Bonchev–Trinajstić information content (AvgIpc) is 1.57. The number of hydrogen-bond acceptors (Lipinski definition) is 6. The van der Waals surface area contributed by atoms with Crippen LogP contribution >= 0.6 is 12.4 Å². The van der Waals surface area contributed by atoms with Gasteiger partial charge in [-0.1, -0.05) is 8.67 Å². The Hall–Kier alpha value is 0.549. The van der Waals surface area contributed by atoms with Crippen molar-refractivity contribution in [3.63, 3.8) is 0 Å². The molecule has 0 fully saturated rings. The summed E-state index contributed by atoms with van der Waals surface area (Å²) in [5.74, 6) is 0. The van der Waals surface area contributed by atoms with Crippen LogP contribution in [0.2, 0.25) is 0 Å². The standard InChI is InChI=1S/ClH.Fe.H2O8S2/c;;1-9(2,3)7-8-10(4,5)6/h1H;;(H,1,2,3)(H,4,5,6). The van der Waals surface area contributed by atoms with Crippen molar-refractivity contribution in [3.05, 3.63) is 0 Å². The Morgan fingerprint density at radius 2 is 1.00 bits per heavy atom. The summed E-state index contributed by atoms with van der Waals surface area (Å²) >= 11 is 0. The molecule has 0 heterocycles. The van der Waals surface area contributed by atoms with Crippen molar-refractivity contribution < 1.29 is 51.7 Å². The SMILES string of the molecule is Cl.O=S(=O)(O)OOS(=O)(=O)O.[Fe]. The van der Waals surface area contributed by atoms with Gasteiger partial charge in [0.05, 0.1) is 0 Å². The third-order valence-electron chi connectivity index (χ3n) is 0.200. The number of halogens is 1. The Morgan fingerprint density at radius 3 is 1.08 bits per heavy atom. The molecule has 0 aromatic heterocycles. The summed E-state index contributed by atoms with van der Waals surface area (Å²) in [5, 5.41) is 0. The summed E-state index contributed by atoms with van der Waals surface area (Å²) in [6.45, 7) is 0. The quantitative estimate of drug-likeness (QED) is 0.291. The smallest absolute Gasteiger partial charge is 0.262 e. The Kier molecular flexibility index (Phi) is 9.29. The van der Waals surface area contributed by atoms with E-state index in [1.807, 2.05) is 0 Å². The summed E-state index contributed by atoms with van der Waals surface area (Å²) < 4.78 is 58.9. The van der Waals surface area contributed by atoms with Crippen molar-refractivity contribution in [2.75, 3.05) is 0 Å². The minimum Gasteiger partial charge on any atom is -0.262 e. The molecule has 12 heteroatoms. The van der Waals surface area contributed by atoms with Crippen LogP contribution in [0.3, 0.4) is 0 Å². The zero-order valence-corrected chi connectivity index (χ0v) is 8.48. The van der Waals surface area contributed by atoms with Gasteiger partial charge in [0, 0.05) is 17.1 Å². The van der Waals surface area contributed by atoms with Gasteiger partial charge in [0.2, 0.25) is 0 Å². The Bertz CT molecular complexity index is 253. The van der Waals surface area contributed by atoms with E-state index in [2.05, 4.69) is 8.67 Å². The van der Waals surface area contributed by atoms with Crippen molar-refractivity contribution in [2.24, 2.45) is 0 Å². The van der Waals surface area contributed by atoms with E-state index in [0.29, 0.717) is 0 Å². The molecular formula is H3ClFeO8S2. The van der Waals surface area contributed by atoms with Gasteiger partial charge in [-0.3, -0.25) is 9.11 Å². The maximum absolute atomic E-state index is 9.51. The van der Waals surface area contributed by atoms with Gasteiger partial charge in [0.15, 0.2) is 0 Å². The molecule has 0 bridgehead atoms. The molecule has 0 unspecified atom stereocenters. The molecule has 0 spiro atoms. The van der Waals surface area contributed by atoms with Gasteiger partial charge < -0.3 is 0 Å². The fourth-order valence-electron chi connectivity index (χ4n) is 0.0702. The second kappa shape index (κ2) is 6.07. The summed E-state index contributed by atoms with van der Waals surface area (Å²) in [6.07, 6.45) is 0. The fraction of sp³-hybridized carbons (Fsp3) is 0. The van der Waals surface area contributed by atoms with E-state index >= 15 is 0 Å². The van der Waals surface area contributed by atoms with Gasteiger partial charge in [-0.05, 0) is 0 Å². The fourth-order valence-corrected chi connectivity index (χ4v) is 0.632. The molecule has 78 valence electrons. The maximum atomic E-state index is 9.51. The molecule has 2 N–H and O–H groups in total. The predicted molar refractivity (Wildman–Crippen MR) is 32.5 cm³/mol. The van der Waals surface area contributed by atoms with Crippen molar-refractivity contribution in [1.29, 1.82) is 0 Å². The minimum atomic E-state index is -5.02. The zero-order valence-electron chi connectivity index (χ0n) is 4.92. The van der Waals surface area contributed by atoms with Crippen LogP contribution < -0.4 is 0 Å². The first kappa shape index (κ1) is 18.4. The van der Waals surface area contributed by atoms with E-state index in [4.69, 9.17) is 9.11 Å². The molecule has 0 saturated heterocycles. The predicted octanol–water partition coefficient (Wildman–Crippen LogP) is -1.04. The second-order valence-electron chi connectivity index (χ2n) is 0.992. The first-order chi connectivity index (χ1) is 4.21. The normalized spacial score (nSPS) is 11.2. The first-order valence-electron chi connectivity index (χ1n) is 1.53. The Labute approximate surface area is 85.0 Å². The Balaban J connectivity index is -0.000000405. The minimum absolute atomic E-state index is 0. The molecule has 0 atom stereocenters. The van der Waals surface area contributed by atoms with Gasteiger partial charge in [-0.25, -0.2) is 0 Å². The van der Waals surface area contributed by atoms with Gasteiger partial charge in [-0.2, -0.15) is 16.8 Å². The van der Waals surface area contributed by atoms with E-state index in [0.717, 1.165) is 0 Å². The molecule has 0 aromatic carbocycles. The molecule has 0 saturated carbocycles. The molecule has 0 aliphatic heterocycles. The largest absolute Gasteiger partial charge is 0.425 e. The molecule has 0 radical (unpaired) electrons.